The van der Waals surface area contributed by atoms with Crippen LogP contribution in [0.3, 0.4) is 0 Å². The summed E-state index contributed by atoms with van der Waals surface area (Å²) in [6.45, 7) is 4.19. The van der Waals surface area contributed by atoms with E-state index in [1.54, 1.807) is 0 Å². The molecule has 0 saturated heterocycles. The number of carbonyl (C=O) groups is 2. The Bertz CT molecular complexity index is 1540. The zero-order valence-electron chi connectivity index (χ0n) is 46.9. The molecule has 9 nitrogen and oxygen atoms in total. The molecule has 0 radical (unpaired) electrons. The average Bonchev–Trinajstić information content (AvgIpc) is 3.34. The van der Waals surface area contributed by atoms with E-state index in [-0.39, 0.29) is 32.0 Å². The van der Waals surface area contributed by atoms with Gasteiger partial charge in [0.25, 0.3) is 0 Å². The number of carbonyl (C=O) groups excluding carboxylic acids is 2. The van der Waals surface area contributed by atoms with Crippen LogP contribution in [0.25, 0.3) is 0 Å². The molecule has 72 heavy (non-hydrogen) atoms. The minimum atomic E-state index is -4.39. The number of nitrogens with zero attached hydrogens (tertiary/aromatic N) is 1. The van der Waals surface area contributed by atoms with Crippen LogP contribution in [0, 0.1) is 0 Å². The smallest absolute Gasteiger partial charge is 0.462 e. The van der Waals surface area contributed by atoms with Crippen molar-refractivity contribution in [3.05, 3.63) is 97.2 Å². The van der Waals surface area contributed by atoms with Gasteiger partial charge in [-0.05, 0) is 89.9 Å². The number of hydrogen-bond donors (Lipinski definition) is 1. The van der Waals surface area contributed by atoms with Gasteiger partial charge in [-0.15, -0.1) is 0 Å². The van der Waals surface area contributed by atoms with E-state index in [9.17, 15) is 19.0 Å². The lowest BCUT2D eigenvalue weighted by molar-refractivity contribution is -0.870. The first-order valence-corrected chi connectivity index (χ1v) is 30.5. The largest absolute Gasteiger partial charge is 0.472 e. The molecular formula is C62H109NO8P+. The predicted molar refractivity (Wildman–Crippen MR) is 307 cm³/mol. The Hall–Kier alpha value is -3.07. The fraction of sp³-hybridized carbons (Fsp3) is 0.710. The number of quaternary nitrogens is 1. The van der Waals surface area contributed by atoms with E-state index in [1.165, 1.54) is 89.9 Å². The molecule has 2 atom stereocenters. The second-order valence-electron chi connectivity index (χ2n) is 20.3. The van der Waals surface area contributed by atoms with Gasteiger partial charge in [-0.1, -0.05) is 227 Å². The summed E-state index contributed by atoms with van der Waals surface area (Å²) in [6.07, 6.45) is 72.0. The van der Waals surface area contributed by atoms with Gasteiger partial charge in [0.15, 0.2) is 6.10 Å². The molecule has 0 rings (SSSR count). The predicted octanol–water partition coefficient (Wildman–Crippen LogP) is 18.0. The van der Waals surface area contributed by atoms with Crippen LogP contribution in [0.5, 0.6) is 0 Å². The number of likely N-dealkylation sites (N-methyl/N-ethyl adjacent to an activating group) is 1. The number of rotatable bonds is 52. The molecule has 0 aliphatic carbocycles. The molecule has 0 heterocycles. The highest BCUT2D eigenvalue weighted by atomic mass is 31.2. The van der Waals surface area contributed by atoms with Crippen LogP contribution >= 0.6 is 7.82 Å². The highest BCUT2D eigenvalue weighted by Crippen LogP contribution is 2.43. The van der Waals surface area contributed by atoms with Crippen LogP contribution < -0.4 is 0 Å². The minimum Gasteiger partial charge on any atom is -0.462 e. The summed E-state index contributed by atoms with van der Waals surface area (Å²) < 4.78 is 34.5. The van der Waals surface area contributed by atoms with Crippen molar-refractivity contribution >= 4 is 19.8 Å². The van der Waals surface area contributed by atoms with Crippen molar-refractivity contribution in [2.45, 2.75) is 238 Å². The summed E-state index contributed by atoms with van der Waals surface area (Å²) in [5.41, 5.74) is 0. The molecule has 0 aliphatic rings. The third-order valence-electron chi connectivity index (χ3n) is 12.1. The standard InChI is InChI=1S/C62H108NO8P/c1-6-8-10-12-14-16-18-20-22-23-24-25-26-27-28-29-30-31-32-33-34-35-36-37-38-39-41-43-45-47-49-51-53-55-62(65)71-60(59-70-72(66,67)69-57-56-63(3,4)5)58-68-61(64)54-52-50-48-46-44-42-40-21-19-17-15-13-11-9-7-2/h8-11,14-17,20-22,24-25,27-28,40,60H,6-7,12-13,18-19,23,26,29-39,41-59H2,1-5H3/p+1/b10-8-,11-9-,16-14-,17-15-,22-20-,25-24-,28-27-,40-21-. The molecule has 0 aromatic rings. The number of allylic oxidation sites excluding steroid dienone is 16. The molecule has 2 unspecified atom stereocenters. The van der Waals surface area contributed by atoms with Crippen molar-refractivity contribution in [2.75, 3.05) is 47.5 Å². The Morgan fingerprint density at radius 3 is 1.11 bits per heavy atom. The molecule has 10 heteroatoms. The van der Waals surface area contributed by atoms with Gasteiger partial charge in [0.05, 0.1) is 27.7 Å². The summed E-state index contributed by atoms with van der Waals surface area (Å²) in [4.78, 5) is 35.6. The highest BCUT2D eigenvalue weighted by Gasteiger charge is 2.27. The molecule has 414 valence electrons. The van der Waals surface area contributed by atoms with Crippen molar-refractivity contribution in [1.82, 2.24) is 0 Å². The normalized spacial score (nSPS) is 14.0. The first-order chi connectivity index (χ1) is 35.0. The molecule has 0 amide bonds. The lowest BCUT2D eigenvalue weighted by atomic mass is 10.0. The van der Waals surface area contributed by atoms with E-state index in [0.29, 0.717) is 23.9 Å². The fourth-order valence-corrected chi connectivity index (χ4v) is 8.45. The van der Waals surface area contributed by atoms with Gasteiger partial charge in [-0.2, -0.15) is 0 Å². The molecule has 0 aromatic carbocycles. The van der Waals surface area contributed by atoms with E-state index < -0.39 is 26.5 Å². The lowest BCUT2D eigenvalue weighted by Crippen LogP contribution is -2.37. The van der Waals surface area contributed by atoms with E-state index in [4.69, 9.17) is 18.5 Å². The zero-order chi connectivity index (χ0) is 52.7. The molecule has 0 saturated carbocycles. The molecule has 0 bridgehead atoms. The van der Waals surface area contributed by atoms with Crippen LogP contribution in [-0.2, 0) is 32.7 Å². The zero-order valence-corrected chi connectivity index (χ0v) is 47.8. The Morgan fingerprint density at radius 1 is 0.431 bits per heavy atom. The summed E-state index contributed by atoms with van der Waals surface area (Å²) >= 11 is 0. The van der Waals surface area contributed by atoms with Crippen LogP contribution in [0.1, 0.15) is 232 Å². The fourth-order valence-electron chi connectivity index (χ4n) is 7.70. The monoisotopic (exact) mass is 1030 g/mol. The summed E-state index contributed by atoms with van der Waals surface area (Å²) in [6, 6.07) is 0. The number of ether oxygens (including phenoxy) is 2. The van der Waals surface area contributed by atoms with E-state index >= 15 is 0 Å². The van der Waals surface area contributed by atoms with Crippen molar-refractivity contribution in [1.29, 1.82) is 0 Å². The maximum Gasteiger partial charge on any atom is 0.472 e. The summed E-state index contributed by atoms with van der Waals surface area (Å²) in [7, 11) is 1.46. The number of hydrogen-bond acceptors (Lipinski definition) is 7. The number of phosphoric ester groups is 1. The summed E-state index contributed by atoms with van der Waals surface area (Å²) in [5, 5.41) is 0. The first-order valence-electron chi connectivity index (χ1n) is 29.0. The maximum absolute atomic E-state index is 12.8. The highest BCUT2D eigenvalue weighted by molar-refractivity contribution is 7.47. The van der Waals surface area contributed by atoms with Gasteiger partial charge in [0, 0.05) is 12.8 Å². The number of phosphoric acid groups is 1. The number of unbranched alkanes of at least 4 members (excludes halogenated alkanes) is 22. The van der Waals surface area contributed by atoms with Gasteiger partial charge in [-0.3, -0.25) is 18.6 Å². The molecule has 0 aromatic heterocycles. The summed E-state index contributed by atoms with van der Waals surface area (Å²) in [5.74, 6) is -0.817. The van der Waals surface area contributed by atoms with Gasteiger partial charge in [0.2, 0.25) is 0 Å². The lowest BCUT2D eigenvalue weighted by Gasteiger charge is -2.24. The van der Waals surface area contributed by atoms with Gasteiger partial charge in [0.1, 0.15) is 19.8 Å². The van der Waals surface area contributed by atoms with E-state index in [1.807, 2.05) is 21.1 Å². The molecule has 0 aliphatic heterocycles. The van der Waals surface area contributed by atoms with Crippen LogP contribution in [0.4, 0.5) is 0 Å². The van der Waals surface area contributed by atoms with E-state index in [0.717, 1.165) is 103 Å². The Balaban J connectivity index is 4.07. The molecule has 1 N–H and O–H groups in total. The van der Waals surface area contributed by atoms with Crippen molar-refractivity contribution in [2.24, 2.45) is 0 Å². The van der Waals surface area contributed by atoms with Crippen LogP contribution in [-0.4, -0.2) is 74.9 Å². The second kappa shape index (κ2) is 52.8. The number of esters is 2. The topological polar surface area (TPSA) is 108 Å². The first kappa shape index (κ1) is 68.9. The van der Waals surface area contributed by atoms with E-state index in [2.05, 4.69) is 111 Å². The van der Waals surface area contributed by atoms with Crippen LogP contribution in [0.15, 0.2) is 97.2 Å². The molecule has 0 spiro atoms. The maximum atomic E-state index is 12.8. The van der Waals surface area contributed by atoms with Crippen molar-refractivity contribution in [3.8, 4) is 0 Å². The third-order valence-corrected chi connectivity index (χ3v) is 13.1. The van der Waals surface area contributed by atoms with Crippen molar-refractivity contribution < 1.29 is 42.1 Å². The Labute approximate surface area is 443 Å². The third kappa shape index (κ3) is 56.2. The minimum absolute atomic E-state index is 0.0255. The van der Waals surface area contributed by atoms with Gasteiger partial charge < -0.3 is 18.9 Å². The van der Waals surface area contributed by atoms with Crippen molar-refractivity contribution in [3.63, 3.8) is 0 Å². The van der Waals surface area contributed by atoms with Gasteiger partial charge >= 0.3 is 19.8 Å². The SMILES string of the molecule is CC/C=C\C/C=C\C/C=C\C/C=C\C/C=C\CCCCCCCCCCCCCCCCCCCC(=O)OC(COC(=O)CCCCCCC/C=C\C/C=C\C/C=C\CC)COP(=O)(O)OCC[N+](C)(C)C. The average molecular weight is 1030 g/mol. The Kier molecular flexibility index (Phi) is 50.5. The quantitative estimate of drug-likeness (QED) is 0.0211. The molecule has 0 fully saturated rings. The Morgan fingerprint density at radius 2 is 0.750 bits per heavy atom. The molecular weight excluding hydrogens is 918 g/mol. The van der Waals surface area contributed by atoms with Crippen LogP contribution in [0.2, 0.25) is 0 Å². The van der Waals surface area contributed by atoms with Gasteiger partial charge in [-0.25, -0.2) is 4.57 Å². The second-order valence-corrected chi connectivity index (χ2v) is 21.7.